The van der Waals surface area contributed by atoms with Gasteiger partial charge in [0.05, 0.1) is 12.9 Å². The number of aliphatic hydroxyl groups excluding tert-OH is 3. The van der Waals surface area contributed by atoms with Crippen molar-refractivity contribution in [2.45, 2.75) is 31.1 Å². The van der Waals surface area contributed by atoms with E-state index < -0.39 is 42.3 Å². The molecule has 1 saturated heterocycles. The summed E-state index contributed by atoms with van der Waals surface area (Å²) in [5.74, 6) is -0.0328. The van der Waals surface area contributed by atoms with Crippen molar-refractivity contribution < 1.29 is 20.1 Å². The molecule has 3 aromatic rings. The third-order valence-corrected chi connectivity index (χ3v) is 4.75. The van der Waals surface area contributed by atoms with Crippen molar-refractivity contribution in [3.63, 3.8) is 0 Å². The van der Waals surface area contributed by atoms with Crippen molar-refractivity contribution in [1.82, 2.24) is 19.5 Å². The fourth-order valence-corrected chi connectivity index (χ4v) is 3.26. The van der Waals surface area contributed by atoms with E-state index in [1.165, 1.54) is 0 Å². The van der Waals surface area contributed by atoms with E-state index in [1.54, 1.807) is 0 Å². The van der Waals surface area contributed by atoms with Crippen LogP contribution in [0.5, 0.6) is 0 Å². The smallest absolute Gasteiger partial charge is 0.301 e. The molecule has 0 aliphatic carbocycles. The number of benzene rings is 1. The Morgan fingerprint density at radius 3 is 2.62 bits per heavy atom. The number of aromatic nitrogens is 4. The Balaban J connectivity index is 1.72. The normalized spacial score (nSPS) is 24.1. The van der Waals surface area contributed by atoms with Crippen LogP contribution in [-0.2, 0) is 11.3 Å². The topological polar surface area (TPSA) is 163 Å². The maximum absolute atomic E-state index is 12.8. The van der Waals surface area contributed by atoms with Gasteiger partial charge < -0.3 is 25.4 Å². The van der Waals surface area contributed by atoms with Crippen LogP contribution in [0.4, 0.5) is 5.95 Å². The Kier molecular flexibility index (Phi) is 5.11. The molecule has 0 spiro atoms. The number of nitrogens with one attached hydrogen (secondary N) is 2. The first-order valence-electron chi connectivity index (χ1n) is 8.91. The van der Waals surface area contributed by atoms with Crippen LogP contribution in [0.3, 0.4) is 0 Å². The Labute approximate surface area is 163 Å². The van der Waals surface area contributed by atoms with E-state index in [4.69, 9.17) is 4.74 Å². The predicted octanol–water partition coefficient (Wildman–Crippen LogP) is -1.30. The van der Waals surface area contributed by atoms with E-state index in [9.17, 15) is 24.9 Å². The largest absolute Gasteiger partial charge is 0.394 e. The first-order valence-corrected chi connectivity index (χ1v) is 8.91. The number of anilines is 1. The van der Waals surface area contributed by atoms with Gasteiger partial charge in [0, 0.05) is 6.54 Å². The van der Waals surface area contributed by atoms with E-state index in [-0.39, 0.29) is 17.0 Å². The van der Waals surface area contributed by atoms with Gasteiger partial charge in [0.15, 0.2) is 11.7 Å². The summed E-state index contributed by atoms with van der Waals surface area (Å²) in [5.41, 5.74) is -0.880. The molecule has 0 radical (unpaired) electrons. The predicted molar refractivity (Wildman–Crippen MR) is 101 cm³/mol. The third kappa shape index (κ3) is 3.51. The summed E-state index contributed by atoms with van der Waals surface area (Å²) in [6.07, 6.45) is -3.85. The monoisotopic (exact) mass is 401 g/mol. The highest BCUT2D eigenvalue weighted by Gasteiger charge is 2.44. The Morgan fingerprint density at radius 2 is 1.93 bits per heavy atom. The molecule has 11 nitrogen and oxygen atoms in total. The van der Waals surface area contributed by atoms with Crippen molar-refractivity contribution in [2.75, 3.05) is 11.9 Å². The molecule has 1 aromatic carbocycles. The maximum Gasteiger partial charge on any atom is 0.301 e. The molecule has 5 N–H and O–H groups in total. The lowest BCUT2D eigenvalue weighted by molar-refractivity contribution is -0.0509. The zero-order chi connectivity index (χ0) is 20.5. The number of H-pyrrole nitrogens is 1. The lowest BCUT2D eigenvalue weighted by Gasteiger charge is -2.16. The first kappa shape index (κ1) is 19.2. The second-order valence-corrected chi connectivity index (χ2v) is 6.64. The molecule has 152 valence electrons. The molecule has 29 heavy (non-hydrogen) atoms. The number of rotatable bonds is 5. The summed E-state index contributed by atoms with van der Waals surface area (Å²) >= 11 is 0. The highest BCUT2D eigenvalue weighted by atomic mass is 16.6. The third-order valence-electron chi connectivity index (χ3n) is 4.75. The minimum atomic E-state index is -1.42. The van der Waals surface area contributed by atoms with Crippen molar-refractivity contribution >= 4 is 17.0 Å². The molecule has 1 fully saturated rings. The number of hydrogen-bond acceptors (Lipinski definition) is 9. The quantitative estimate of drug-likeness (QED) is 0.350. The van der Waals surface area contributed by atoms with Crippen molar-refractivity contribution in [3.05, 3.63) is 62.9 Å². The van der Waals surface area contributed by atoms with Crippen molar-refractivity contribution in [2.24, 2.45) is 0 Å². The average molecular weight is 401 g/mol. The van der Waals surface area contributed by atoms with Gasteiger partial charge in [0.1, 0.15) is 23.8 Å². The first-order chi connectivity index (χ1) is 14.0. The van der Waals surface area contributed by atoms with Gasteiger partial charge in [-0.05, 0) is 5.56 Å². The molecule has 11 heteroatoms. The van der Waals surface area contributed by atoms with E-state index in [1.807, 2.05) is 30.3 Å². The highest BCUT2D eigenvalue weighted by molar-refractivity contribution is 5.73. The van der Waals surface area contributed by atoms with E-state index in [0.717, 1.165) is 16.5 Å². The highest BCUT2D eigenvalue weighted by Crippen LogP contribution is 2.30. The van der Waals surface area contributed by atoms with Gasteiger partial charge in [-0.3, -0.25) is 19.1 Å². The van der Waals surface area contributed by atoms with Gasteiger partial charge in [-0.25, -0.2) is 4.98 Å². The lowest BCUT2D eigenvalue weighted by Crippen LogP contribution is -2.33. The van der Waals surface area contributed by atoms with Crippen LogP contribution in [0.1, 0.15) is 11.8 Å². The molecule has 3 heterocycles. The van der Waals surface area contributed by atoms with E-state index in [2.05, 4.69) is 20.3 Å². The number of fused-ring (bicyclic) bond motifs is 1. The molecule has 4 rings (SSSR count). The van der Waals surface area contributed by atoms with Gasteiger partial charge in [-0.15, -0.1) is 0 Å². The number of imidazole rings is 1. The molecule has 1 aliphatic rings. The van der Waals surface area contributed by atoms with Crippen LogP contribution >= 0.6 is 0 Å². The van der Waals surface area contributed by atoms with Crippen LogP contribution in [0.2, 0.25) is 0 Å². The van der Waals surface area contributed by atoms with Gasteiger partial charge >= 0.3 is 5.56 Å². The van der Waals surface area contributed by atoms with Gasteiger partial charge in [0.25, 0.3) is 5.56 Å². The van der Waals surface area contributed by atoms with Crippen LogP contribution in [0.15, 0.2) is 46.2 Å². The fourth-order valence-electron chi connectivity index (χ4n) is 3.26. The summed E-state index contributed by atoms with van der Waals surface area (Å²) in [6.45, 7) is -0.187. The van der Waals surface area contributed by atoms with E-state index >= 15 is 0 Å². The number of hydrogen-bond donors (Lipinski definition) is 5. The molecule has 2 aromatic heterocycles. The zero-order valence-corrected chi connectivity index (χ0v) is 15.1. The van der Waals surface area contributed by atoms with Gasteiger partial charge in [0.2, 0.25) is 5.95 Å². The Hall–Kier alpha value is -3.12. The molecular formula is C18H19N5O6. The van der Waals surface area contributed by atoms with Gasteiger partial charge in [-0.1, -0.05) is 30.3 Å². The Morgan fingerprint density at radius 1 is 1.17 bits per heavy atom. The number of aliphatic hydroxyl groups is 3. The summed E-state index contributed by atoms with van der Waals surface area (Å²) in [7, 11) is 0. The van der Waals surface area contributed by atoms with Crippen LogP contribution < -0.4 is 16.4 Å². The second kappa shape index (κ2) is 7.72. The lowest BCUT2D eigenvalue weighted by atomic mass is 10.1. The summed E-state index contributed by atoms with van der Waals surface area (Å²) < 4.78 is 6.59. The maximum atomic E-state index is 12.8. The summed E-state index contributed by atoms with van der Waals surface area (Å²) in [5, 5.41) is 32.3. The second-order valence-electron chi connectivity index (χ2n) is 6.64. The molecule has 1 aliphatic heterocycles. The standard InChI is InChI=1S/C18H19N5O6/c24-7-10-13(25)14(26)17(29-10)23-8-20-11-12(23)16(28)22-18(21-15(11)27)19-6-9-4-2-1-3-5-9/h1-5,8,10,13-14,17,24-26H,6-7H2,(H2,19,21,22,27,28)/t10-,13-,14-,17-/m1/s1. The summed E-state index contributed by atoms with van der Waals surface area (Å²) in [6, 6.07) is 9.34. The SMILES string of the molecule is O=c1nc(NCc2ccccc2)[nH]c(=O)c2c1ncn2[C@@H]1O[C@H](CO)[C@@H](O)[C@H]1O. The zero-order valence-electron chi connectivity index (χ0n) is 15.1. The molecule has 0 unspecified atom stereocenters. The van der Waals surface area contributed by atoms with Crippen LogP contribution in [0.25, 0.3) is 11.0 Å². The van der Waals surface area contributed by atoms with Crippen molar-refractivity contribution in [1.29, 1.82) is 0 Å². The summed E-state index contributed by atoms with van der Waals surface area (Å²) in [4.78, 5) is 35.5. The number of nitrogens with zero attached hydrogens (tertiary/aromatic N) is 3. The van der Waals surface area contributed by atoms with Crippen LogP contribution in [0, 0.1) is 0 Å². The molecule has 0 bridgehead atoms. The van der Waals surface area contributed by atoms with E-state index in [0.29, 0.717) is 6.54 Å². The Bertz CT molecular complexity index is 1130. The van der Waals surface area contributed by atoms with Gasteiger partial charge in [-0.2, -0.15) is 4.98 Å². The number of ether oxygens (including phenoxy) is 1. The number of aromatic amines is 1. The molecule has 0 saturated carbocycles. The van der Waals surface area contributed by atoms with Crippen molar-refractivity contribution in [3.8, 4) is 0 Å². The average Bonchev–Trinajstić information content (AvgIpc) is 3.25. The van der Waals surface area contributed by atoms with Crippen LogP contribution in [-0.4, -0.2) is 59.8 Å². The minimum Gasteiger partial charge on any atom is -0.394 e. The minimum absolute atomic E-state index is 0.0328. The molecular weight excluding hydrogens is 382 g/mol. The molecule has 4 atom stereocenters. The molecule has 0 amide bonds. The fraction of sp³-hybridized carbons (Fsp3) is 0.333.